The van der Waals surface area contributed by atoms with Crippen LogP contribution in [-0.2, 0) is 4.79 Å². The zero-order valence-corrected chi connectivity index (χ0v) is 8.73. The molecule has 2 rings (SSSR count). The summed E-state index contributed by atoms with van der Waals surface area (Å²) in [4.78, 5) is 12.9. The van der Waals surface area contributed by atoms with Crippen LogP contribution in [0.1, 0.15) is 0 Å². The summed E-state index contributed by atoms with van der Waals surface area (Å²) in [5.41, 5.74) is 0.633. The van der Waals surface area contributed by atoms with Crippen LogP contribution >= 0.6 is 23.8 Å². The number of amides is 1. The fraction of sp³-hybridized carbons (Fsp3) is 0.111. The number of rotatable bonds is 1. The van der Waals surface area contributed by atoms with Crippen molar-refractivity contribution in [3.05, 3.63) is 29.3 Å². The van der Waals surface area contributed by atoms with Crippen molar-refractivity contribution in [2.75, 3.05) is 11.4 Å². The van der Waals surface area contributed by atoms with Gasteiger partial charge >= 0.3 is 0 Å². The highest BCUT2D eigenvalue weighted by atomic mass is 35.5. The van der Waals surface area contributed by atoms with Crippen LogP contribution in [0.25, 0.3) is 0 Å². The van der Waals surface area contributed by atoms with Gasteiger partial charge in [-0.1, -0.05) is 23.7 Å². The number of para-hydroxylation sites is 1. The third-order valence-electron chi connectivity index (χ3n) is 1.94. The van der Waals surface area contributed by atoms with E-state index < -0.39 is 0 Å². The number of hydrogen-bond acceptors (Lipinski definition) is 2. The number of hydrogen-bond donors (Lipinski definition) is 1. The molecule has 1 heterocycles. The minimum absolute atomic E-state index is 0.0805. The van der Waals surface area contributed by atoms with Gasteiger partial charge < -0.3 is 5.32 Å². The van der Waals surface area contributed by atoms with Crippen molar-refractivity contribution in [1.29, 1.82) is 0 Å². The highest BCUT2D eigenvalue weighted by Gasteiger charge is 2.27. The van der Waals surface area contributed by atoms with E-state index in [-0.39, 0.29) is 12.5 Å². The smallest absolute Gasteiger partial charge is 0.252 e. The molecule has 0 saturated carbocycles. The standard InChI is InChI=1S/C9H7ClN2OS/c10-6-3-1-2-4-7(6)12-8(13)5-11-9(12)14/h1-4H,5H2,(H,11,14). The average Bonchev–Trinajstić information content (AvgIpc) is 2.48. The Labute approximate surface area is 91.7 Å². The quantitative estimate of drug-likeness (QED) is 0.738. The Bertz CT molecular complexity index is 392. The van der Waals surface area contributed by atoms with Crippen LogP contribution in [0.4, 0.5) is 5.69 Å². The van der Waals surface area contributed by atoms with Gasteiger partial charge in [-0.2, -0.15) is 0 Å². The third kappa shape index (κ3) is 1.47. The Kier molecular flexibility index (Phi) is 2.39. The Morgan fingerprint density at radius 1 is 1.43 bits per heavy atom. The van der Waals surface area contributed by atoms with E-state index in [2.05, 4.69) is 5.32 Å². The minimum Gasteiger partial charge on any atom is -0.353 e. The fourth-order valence-corrected chi connectivity index (χ4v) is 1.79. The molecule has 0 spiro atoms. The van der Waals surface area contributed by atoms with E-state index in [1.165, 1.54) is 4.90 Å². The largest absolute Gasteiger partial charge is 0.353 e. The van der Waals surface area contributed by atoms with Gasteiger partial charge in [0.1, 0.15) is 0 Å². The zero-order chi connectivity index (χ0) is 10.1. The van der Waals surface area contributed by atoms with Gasteiger partial charge in [0.05, 0.1) is 17.3 Å². The second-order valence-electron chi connectivity index (χ2n) is 2.84. The number of halogens is 1. The van der Waals surface area contributed by atoms with E-state index >= 15 is 0 Å². The molecule has 0 atom stereocenters. The van der Waals surface area contributed by atoms with Crippen molar-refractivity contribution in [3.8, 4) is 0 Å². The maximum atomic E-state index is 11.5. The predicted octanol–water partition coefficient (Wildman–Crippen LogP) is 1.56. The molecule has 1 N–H and O–H groups in total. The predicted molar refractivity (Wildman–Crippen MR) is 59.5 cm³/mol. The molecule has 1 amide bonds. The Morgan fingerprint density at radius 2 is 2.14 bits per heavy atom. The fourth-order valence-electron chi connectivity index (χ4n) is 1.30. The number of carbonyl (C=O) groups is 1. The summed E-state index contributed by atoms with van der Waals surface area (Å²) in [5, 5.41) is 3.72. The van der Waals surface area contributed by atoms with Gasteiger partial charge in [-0.05, 0) is 24.4 Å². The molecule has 1 aromatic rings. The topological polar surface area (TPSA) is 32.3 Å². The molecule has 0 aromatic heterocycles. The number of nitrogens with zero attached hydrogens (tertiary/aromatic N) is 1. The van der Waals surface area contributed by atoms with E-state index in [1.807, 2.05) is 12.1 Å². The minimum atomic E-state index is -0.0805. The first-order chi connectivity index (χ1) is 6.70. The van der Waals surface area contributed by atoms with Crippen molar-refractivity contribution in [1.82, 2.24) is 5.32 Å². The molecule has 1 aliphatic rings. The summed E-state index contributed by atoms with van der Waals surface area (Å²) < 4.78 is 0. The van der Waals surface area contributed by atoms with Crippen LogP contribution in [0.5, 0.6) is 0 Å². The molecule has 5 heteroatoms. The number of thiocarbonyl (C=S) groups is 1. The first-order valence-electron chi connectivity index (χ1n) is 4.05. The normalized spacial score (nSPS) is 15.9. The lowest BCUT2D eigenvalue weighted by molar-refractivity contribution is -0.115. The molecule has 0 bridgehead atoms. The molecule has 1 aliphatic heterocycles. The molecule has 1 fully saturated rings. The Morgan fingerprint density at radius 3 is 2.71 bits per heavy atom. The van der Waals surface area contributed by atoms with E-state index in [4.69, 9.17) is 23.8 Å². The molecule has 3 nitrogen and oxygen atoms in total. The summed E-state index contributed by atoms with van der Waals surface area (Å²) in [6.07, 6.45) is 0. The van der Waals surface area contributed by atoms with Gasteiger partial charge in [-0.15, -0.1) is 0 Å². The van der Waals surface area contributed by atoms with Crippen LogP contribution in [0.3, 0.4) is 0 Å². The van der Waals surface area contributed by atoms with Crippen molar-refractivity contribution in [3.63, 3.8) is 0 Å². The van der Waals surface area contributed by atoms with Crippen molar-refractivity contribution in [2.24, 2.45) is 0 Å². The highest BCUT2D eigenvalue weighted by Crippen LogP contribution is 2.26. The van der Waals surface area contributed by atoms with E-state index in [0.717, 1.165) is 0 Å². The van der Waals surface area contributed by atoms with Crippen molar-refractivity contribution < 1.29 is 4.79 Å². The maximum Gasteiger partial charge on any atom is 0.252 e. The first kappa shape index (κ1) is 9.43. The summed E-state index contributed by atoms with van der Waals surface area (Å²) >= 11 is 10.9. The SMILES string of the molecule is O=C1CNC(=S)N1c1ccccc1Cl. The number of anilines is 1. The van der Waals surface area contributed by atoms with Gasteiger partial charge in [-0.3, -0.25) is 9.69 Å². The Balaban J connectivity index is 2.44. The average molecular weight is 227 g/mol. The van der Waals surface area contributed by atoms with Crippen molar-refractivity contribution >= 4 is 40.5 Å². The van der Waals surface area contributed by atoms with Crippen molar-refractivity contribution in [2.45, 2.75) is 0 Å². The summed E-state index contributed by atoms with van der Waals surface area (Å²) in [6.45, 7) is 0.240. The lowest BCUT2D eigenvalue weighted by Gasteiger charge is -2.15. The van der Waals surface area contributed by atoms with Gasteiger partial charge in [0, 0.05) is 0 Å². The van der Waals surface area contributed by atoms with Gasteiger partial charge in [0.15, 0.2) is 5.11 Å². The number of carbonyl (C=O) groups excluding carboxylic acids is 1. The van der Waals surface area contributed by atoms with Crippen LogP contribution in [0, 0.1) is 0 Å². The van der Waals surface area contributed by atoms with E-state index in [9.17, 15) is 4.79 Å². The van der Waals surface area contributed by atoms with Crippen LogP contribution < -0.4 is 10.2 Å². The maximum absolute atomic E-state index is 11.5. The lowest BCUT2D eigenvalue weighted by atomic mass is 10.3. The lowest BCUT2D eigenvalue weighted by Crippen LogP contribution is -2.30. The third-order valence-corrected chi connectivity index (χ3v) is 2.58. The second kappa shape index (κ2) is 3.55. The van der Waals surface area contributed by atoms with E-state index in [0.29, 0.717) is 15.8 Å². The summed E-state index contributed by atoms with van der Waals surface area (Å²) in [5.74, 6) is -0.0805. The second-order valence-corrected chi connectivity index (χ2v) is 3.63. The molecule has 72 valence electrons. The number of nitrogens with one attached hydrogen (secondary N) is 1. The van der Waals surface area contributed by atoms with Gasteiger partial charge in [-0.25, -0.2) is 0 Å². The molecule has 1 saturated heterocycles. The molecular formula is C9H7ClN2OS. The Hall–Kier alpha value is -1.13. The molecule has 14 heavy (non-hydrogen) atoms. The molecule has 1 aromatic carbocycles. The molecule has 0 unspecified atom stereocenters. The van der Waals surface area contributed by atoms with Crippen LogP contribution in [0.15, 0.2) is 24.3 Å². The number of benzene rings is 1. The van der Waals surface area contributed by atoms with Crippen LogP contribution in [0.2, 0.25) is 5.02 Å². The molecule has 0 aliphatic carbocycles. The first-order valence-corrected chi connectivity index (χ1v) is 4.84. The van der Waals surface area contributed by atoms with E-state index in [1.54, 1.807) is 12.1 Å². The molecule has 0 radical (unpaired) electrons. The zero-order valence-electron chi connectivity index (χ0n) is 7.16. The summed E-state index contributed by atoms with van der Waals surface area (Å²) in [6, 6.07) is 7.11. The molecular weight excluding hydrogens is 220 g/mol. The monoisotopic (exact) mass is 226 g/mol. The van der Waals surface area contributed by atoms with Gasteiger partial charge in [0.2, 0.25) is 0 Å². The van der Waals surface area contributed by atoms with Gasteiger partial charge in [0.25, 0.3) is 5.91 Å². The summed E-state index contributed by atoms with van der Waals surface area (Å²) in [7, 11) is 0. The van der Waals surface area contributed by atoms with Crippen LogP contribution in [-0.4, -0.2) is 17.6 Å². The highest BCUT2D eigenvalue weighted by molar-refractivity contribution is 7.80.